The Kier molecular flexibility index (Phi) is 4.33. The number of likely N-dealkylation sites (tertiary alicyclic amines) is 1. The van der Waals surface area contributed by atoms with Crippen LogP contribution >= 0.6 is 0 Å². The molecule has 6 heteroatoms. The molecule has 2 aromatic rings. The molecule has 4 rings (SSSR count). The molecule has 1 aromatic heterocycles. The van der Waals surface area contributed by atoms with Crippen LogP contribution in [0.4, 0.5) is 4.39 Å². The number of hydrogen-bond acceptors (Lipinski definition) is 5. The molecule has 1 saturated carbocycles. The smallest absolute Gasteiger partial charge is 0.244 e. The minimum Gasteiger partial charge on any atom is -0.392 e. The van der Waals surface area contributed by atoms with E-state index in [0.29, 0.717) is 30.7 Å². The van der Waals surface area contributed by atoms with Gasteiger partial charge in [-0.05, 0) is 43.5 Å². The van der Waals surface area contributed by atoms with Crippen LogP contribution < -0.4 is 0 Å². The lowest BCUT2D eigenvalue weighted by Gasteiger charge is -2.33. The molecule has 2 atom stereocenters. The van der Waals surface area contributed by atoms with E-state index in [2.05, 4.69) is 15.0 Å². The van der Waals surface area contributed by atoms with Gasteiger partial charge in [-0.15, -0.1) is 0 Å². The Morgan fingerprint density at radius 1 is 1.12 bits per heavy atom. The van der Waals surface area contributed by atoms with Crippen LogP contribution in [0.15, 0.2) is 28.8 Å². The van der Waals surface area contributed by atoms with Gasteiger partial charge in [-0.1, -0.05) is 24.4 Å². The highest BCUT2D eigenvalue weighted by Crippen LogP contribution is 2.37. The molecular formula is C18H22FN3O2. The van der Waals surface area contributed by atoms with Gasteiger partial charge >= 0.3 is 0 Å². The van der Waals surface area contributed by atoms with Crippen LogP contribution in [-0.4, -0.2) is 38.8 Å². The van der Waals surface area contributed by atoms with Crippen LogP contribution in [0.3, 0.4) is 0 Å². The second kappa shape index (κ2) is 6.61. The number of aromatic nitrogens is 2. The fourth-order valence-corrected chi connectivity index (χ4v) is 3.98. The molecule has 0 radical (unpaired) electrons. The molecule has 24 heavy (non-hydrogen) atoms. The van der Waals surface area contributed by atoms with Crippen LogP contribution in [-0.2, 0) is 0 Å². The van der Waals surface area contributed by atoms with Gasteiger partial charge in [0, 0.05) is 18.2 Å². The molecule has 2 fully saturated rings. The van der Waals surface area contributed by atoms with Crippen molar-refractivity contribution in [3.8, 4) is 11.4 Å². The first-order chi connectivity index (χ1) is 11.7. The number of aliphatic hydroxyl groups excluding tert-OH is 1. The van der Waals surface area contributed by atoms with Crippen molar-refractivity contribution in [3.63, 3.8) is 0 Å². The molecule has 1 aliphatic heterocycles. The fourth-order valence-electron chi connectivity index (χ4n) is 3.98. The maximum Gasteiger partial charge on any atom is 0.244 e. The lowest BCUT2D eigenvalue weighted by atomic mass is 9.94. The van der Waals surface area contributed by atoms with E-state index >= 15 is 0 Å². The highest BCUT2D eigenvalue weighted by atomic mass is 19.1. The van der Waals surface area contributed by atoms with Gasteiger partial charge in [-0.3, -0.25) is 4.90 Å². The predicted octanol–water partition coefficient (Wildman–Crippen LogP) is 3.32. The van der Waals surface area contributed by atoms with E-state index in [0.717, 1.165) is 5.56 Å². The molecule has 1 aromatic carbocycles. The third kappa shape index (κ3) is 3.08. The van der Waals surface area contributed by atoms with Gasteiger partial charge in [0.1, 0.15) is 5.82 Å². The SMILES string of the molecule is OC1CC(c2nc(-c3ccc(F)cc3)no2)N(C2CCCCC2)C1. The number of β-amino-alcohol motifs (C(OH)–C–C–N with tert-alkyl or cyclic N) is 1. The Labute approximate surface area is 140 Å². The number of rotatable bonds is 3. The molecule has 2 heterocycles. The zero-order valence-electron chi connectivity index (χ0n) is 13.6. The van der Waals surface area contributed by atoms with Crippen molar-refractivity contribution in [1.82, 2.24) is 15.0 Å². The van der Waals surface area contributed by atoms with E-state index in [4.69, 9.17) is 4.52 Å². The highest BCUT2D eigenvalue weighted by Gasteiger charge is 2.39. The monoisotopic (exact) mass is 331 g/mol. The van der Waals surface area contributed by atoms with Crippen molar-refractivity contribution >= 4 is 0 Å². The predicted molar refractivity (Wildman–Crippen MR) is 86.6 cm³/mol. The zero-order valence-corrected chi connectivity index (χ0v) is 13.6. The quantitative estimate of drug-likeness (QED) is 0.935. The number of hydrogen-bond donors (Lipinski definition) is 1. The van der Waals surface area contributed by atoms with Crippen molar-refractivity contribution in [2.45, 2.75) is 56.7 Å². The first-order valence-corrected chi connectivity index (χ1v) is 8.74. The summed E-state index contributed by atoms with van der Waals surface area (Å²) in [5, 5.41) is 14.2. The van der Waals surface area contributed by atoms with E-state index in [1.807, 2.05) is 0 Å². The summed E-state index contributed by atoms with van der Waals surface area (Å²) in [4.78, 5) is 6.86. The van der Waals surface area contributed by atoms with Gasteiger partial charge in [-0.25, -0.2) is 4.39 Å². The van der Waals surface area contributed by atoms with Crippen molar-refractivity contribution < 1.29 is 14.0 Å². The summed E-state index contributed by atoms with van der Waals surface area (Å²) in [7, 11) is 0. The topological polar surface area (TPSA) is 62.4 Å². The van der Waals surface area contributed by atoms with Gasteiger partial charge in [-0.2, -0.15) is 4.98 Å². The van der Waals surface area contributed by atoms with Crippen LogP contribution in [0, 0.1) is 5.82 Å². The van der Waals surface area contributed by atoms with Crippen molar-refractivity contribution in [2.24, 2.45) is 0 Å². The highest BCUT2D eigenvalue weighted by molar-refractivity contribution is 5.53. The second-order valence-electron chi connectivity index (χ2n) is 6.86. The summed E-state index contributed by atoms with van der Waals surface area (Å²) in [6.45, 7) is 0.670. The van der Waals surface area contributed by atoms with E-state index < -0.39 is 0 Å². The van der Waals surface area contributed by atoms with E-state index in [9.17, 15) is 9.50 Å². The van der Waals surface area contributed by atoms with Gasteiger partial charge < -0.3 is 9.63 Å². The average Bonchev–Trinajstić information content (AvgIpc) is 3.23. The molecular weight excluding hydrogens is 309 g/mol. The molecule has 2 unspecified atom stereocenters. The largest absolute Gasteiger partial charge is 0.392 e. The Morgan fingerprint density at radius 2 is 1.88 bits per heavy atom. The maximum absolute atomic E-state index is 13.1. The lowest BCUT2D eigenvalue weighted by Crippen LogP contribution is -2.37. The van der Waals surface area contributed by atoms with E-state index in [1.54, 1.807) is 12.1 Å². The van der Waals surface area contributed by atoms with Gasteiger partial charge in [0.15, 0.2) is 0 Å². The molecule has 5 nitrogen and oxygen atoms in total. The molecule has 1 saturated heterocycles. The fraction of sp³-hybridized carbons (Fsp3) is 0.556. The summed E-state index contributed by atoms with van der Waals surface area (Å²) in [5.74, 6) is 0.733. The Hall–Kier alpha value is -1.79. The first kappa shape index (κ1) is 15.7. The Bertz CT molecular complexity index is 682. The van der Waals surface area contributed by atoms with Crippen molar-refractivity contribution in [2.75, 3.05) is 6.54 Å². The molecule has 128 valence electrons. The summed E-state index contributed by atoms with van der Waals surface area (Å²) < 4.78 is 18.5. The summed E-state index contributed by atoms with van der Waals surface area (Å²) >= 11 is 0. The minimum atomic E-state index is -0.349. The van der Waals surface area contributed by atoms with Crippen LogP contribution in [0.2, 0.25) is 0 Å². The zero-order chi connectivity index (χ0) is 16.5. The molecule has 2 aliphatic rings. The van der Waals surface area contributed by atoms with Crippen LogP contribution in [0.1, 0.15) is 50.5 Å². The summed E-state index contributed by atoms with van der Waals surface area (Å²) in [6, 6.07) is 6.53. The number of aliphatic hydroxyl groups is 1. The number of halogens is 1. The third-order valence-corrected chi connectivity index (χ3v) is 5.19. The van der Waals surface area contributed by atoms with Gasteiger partial charge in [0.2, 0.25) is 11.7 Å². The standard InChI is InChI=1S/C18H22FN3O2/c19-13-8-6-12(7-9-13)17-20-18(24-21-17)16-10-15(23)11-22(16)14-4-2-1-3-5-14/h6-9,14-16,23H,1-5,10-11H2. The van der Waals surface area contributed by atoms with Gasteiger partial charge in [0.05, 0.1) is 12.1 Å². The maximum atomic E-state index is 13.1. The minimum absolute atomic E-state index is 0.0233. The molecule has 0 spiro atoms. The van der Waals surface area contributed by atoms with Gasteiger partial charge in [0.25, 0.3) is 0 Å². The van der Waals surface area contributed by atoms with Crippen molar-refractivity contribution in [3.05, 3.63) is 36.0 Å². The molecule has 1 N–H and O–H groups in total. The summed E-state index contributed by atoms with van der Waals surface area (Å²) in [6.07, 6.45) is 6.40. The Balaban J connectivity index is 1.56. The number of benzene rings is 1. The summed E-state index contributed by atoms with van der Waals surface area (Å²) in [5.41, 5.74) is 0.731. The third-order valence-electron chi connectivity index (χ3n) is 5.19. The molecule has 0 bridgehead atoms. The Morgan fingerprint density at radius 3 is 2.62 bits per heavy atom. The molecule has 0 amide bonds. The average molecular weight is 331 g/mol. The van der Waals surface area contributed by atoms with E-state index in [1.165, 1.54) is 44.2 Å². The van der Waals surface area contributed by atoms with Crippen molar-refractivity contribution in [1.29, 1.82) is 0 Å². The van der Waals surface area contributed by atoms with E-state index in [-0.39, 0.29) is 18.0 Å². The first-order valence-electron chi connectivity index (χ1n) is 8.74. The normalized spacial score (nSPS) is 26.1. The number of nitrogens with zero attached hydrogens (tertiary/aromatic N) is 3. The lowest BCUT2D eigenvalue weighted by molar-refractivity contribution is 0.110. The molecule has 1 aliphatic carbocycles. The van der Waals surface area contributed by atoms with Crippen LogP contribution in [0.25, 0.3) is 11.4 Å². The second-order valence-corrected chi connectivity index (χ2v) is 6.86. The van der Waals surface area contributed by atoms with Crippen LogP contribution in [0.5, 0.6) is 0 Å².